The Morgan fingerprint density at radius 1 is 1.19 bits per heavy atom. The summed E-state index contributed by atoms with van der Waals surface area (Å²) in [6.07, 6.45) is 1.80. The van der Waals surface area contributed by atoms with E-state index in [1.54, 1.807) is 24.3 Å². The third kappa shape index (κ3) is 9.63. The smallest absolute Gasteiger partial charge is 0.252 e. The Morgan fingerprint density at radius 3 is 2.52 bits per heavy atom. The van der Waals surface area contributed by atoms with Crippen molar-refractivity contribution < 1.29 is 9.90 Å². The van der Waals surface area contributed by atoms with Crippen LogP contribution in [0.15, 0.2) is 29.3 Å². The third-order valence-electron chi connectivity index (χ3n) is 4.02. The van der Waals surface area contributed by atoms with E-state index in [1.807, 2.05) is 6.92 Å². The zero-order valence-electron chi connectivity index (χ0n) is 16.6. The van der Waals surface area contributed by atoms with Gasteiger partial charge in [-0.3, -0.25) is 9.79 Å². The first kappa shape index (κ1) is 23.2. The summed E-state index contributed by atoms with van der Waals surface area (Å²) in [6, 6.07) is 6.98. The van der Waals surface area contributed by atoms with E-state index >= 15 is 0 Å². The van der Waals surface area contributed by atoms with Crippen molar-refractivity contribution in [2.24, 2.45) is 16.8 Å². The van der Waals surface area contributed by atoms with Crippen molar-refractivity contribution in [3.05, 3.63) is 34.9 Å². The van der Waals surface area contributed by atoms with Crippen molar-refractivity contribution in [1.29, 1.82) is 0 Å². The van der Waals surface area contributed by atoms with E-state index in [4.69, 9.17) is 11.6 Å². The fourth-order valence-corrected chi connectivity index (χ4v) is 3.01. The fourth-order valence-electron chi connectivity index (χ4n) is 2.79. The highest BCUT2D eigenvalue weighted by Gasteiger charge is 2.11. The van der Waals surface area contributed by atoms with Crippen LogP contribution < -0.4 is 16.0 Å². The highest BCUT2D eigenvalue weighted by atomic mass is 35.5. The molecule has 0 bridgehead atoms. The van der Waals surface area contributed by atoms with Gasteiger partial charge in [0.25, 0.3) is 5.91 Å². The first-order valence-electron chi connectivity index (χ1n) is 9.63. The zero-order valence-corrected chi connectivity index (χ0v) is 17.4. The maximum Gasteiger partial charge on any atom is 0.252 e. The van der Waals surface area contributed by atoms with Gasteiger partial charge in [0.2, 0.25) is 0 Å². The molecule has 7 heteroatoms. The van der Waals surface area contributed by atoms with Gasteiger partial charge >= 0.3 is 0 Å². The number of aliphatic imine (C=N–C) groups is 1. The number of nitrogens with zero attached hydrogens (tertiary/aromatic N) is 1. The van der Waals surface area contributed by atoms with E-state index < -0.39 is 0 Å². The van der Waals surface area contributed by atoms with Crippen molar-refractivity contribution >= 4 is 23.5 Å². The molecule has 0 aliphatic rings. The molecule has 0 fully saturated rings. The molecule has 4 N–H and O–H groups in total. The molecule has 152 valence electrons. The maximum absolute atomic E-state index is 12.1. The Hall–Kier alpha value is -1.79. The second-order valence-electron chi connectivity index (χ2n) is 6.89. The van der Waals surface area contributed by atoms with E-state index in [-0.39, 0.29) is 12.5 Å². The molecule has 27 heavy (non-hydrogen) atoms. The van der Waals surface area contributed by atoms with Gasteiger partial charge in [0.1, 0.15) is 0 Å². The van der Waals surface area contributed by atoms with Gasteiger partial charge in [0.05, 0.1) is 10.6 Å². The number of amides is 1. The van der Waals surface area contributed by atoms with Crippen LogP contribution in [0.1, 0.15) is 44.0 Å². The maximum atomic E-state index is 12.1. The van der Waals surface area contributed by atoms with Gasteiger partial charge in [-0.1, -0.05) is 37.6 Å². The van der Waals surface area contributed by atoms with Crippen LogP contribution >= 0.6 is 11.6 Å². The molecule has 0 aliphatic heterocycles. The fraction of sp³-hybridized carbons (Fsp3) is 0.600. The summed E-state index contributed by atoms with van der Waals surface area (Å²) in [7, 11) is 0. The lowest BCUT2D eigenvalue weighted by molar-refractivity contribution is 0.0954. The predicted octanol–water partition coefficient (Wildman–Crippen LogP) is 2.67. The molecule has 1 unspecified atom stereocenters. The van der Waals surface area contributed by atoms with Crippen LogP contribution in [0.3, 0.4) is 0 Å². The molecule has 0 heterocycles. The lowest BCUT2D eigenvalue weighted by atomic mass is 9.94. The van der Waals surface area contributed by atoms with Crippen LogP contribution in [0.5, 0.6) is 0 Å². The Bertz CT molecular complexity index is 593. The van der Waals surface area contributed by atoms with Gasteiger partial charge in [-0.2, -0.15) is 0 Å². The summed E-state index contributed by atoms with van der Waals surface area (Å²) in [5.74, 6) is 1.47. The largest absolute Gasteiger partial charge is 0.396 e. The number of carbonyl (C=O) groups is 1. The molecule has 0 radical (unpaired) electrons. The Labute approximate surface area is 167 Å². The van der Waals surface area contributed by atoms with Crippen LogP contribution in [0.4, 0.5) is 0 Å². The van der Waals surface area contributed by atoms with Gasteiger partial charge in [0, 0.05) is 32.8 Å². The molecule has 0 aromatic heterocycles. The standard InChI is InChI=1S/C20H33ClN4O2/c1-4-22-20(25-14-16(9-12-26)13-15(2)3)24-11-10-23-19(27)17-7-5-6-8-18(17)21/h5-8,15-16,26H,4,9-14H2,1-3H3,(H,23,27)(H2,22,24,25). The number of rotatable bonds is 11. The normalized spacial score (nSPS) is 12.7. The van der Waals surface area contributed by atoms with E-state index in [9.17, 15) is 9.90 Å². The summed E-state index contributed by atoms with van der Waals surface area (Å²) >= 11 is 6.03. The molecule has 1 atom stereocenters. The van der Waals surface area contributed by atoms with Gasteiger partial charge in [0.15, 0.2) is 5.96 Å². The van der Waals surface area contributed by atoms with Crippen LogP contribution in [0, 0.1) is 11.8 Å². The van der Waals surface area contributed by atoms with Crippen LogP contribution in [-0.2, 0) is 0 Å². The second kappa shape index (κ2) is 13.4. The van der Waals surface area contributed by atoms with Crippen molar-refractivity contribution in [2.75, 3.05) is 32.8 Å². The lowest BCUT2D eigenvalue weighted by Crippen LogP contribution is -2.41. The number of aliphatic hydroxyl groups is 1. The Balaban J connectivity index is 2.47. The van der Waals surface area contributed by atoms with Gasteiger partial charge in [-0.05, 0) is 43.7 Å². The van der Waals surface area contributed by atoms with Crippen molar-refractivity contribution in [2.45, 2.75) is 33.6 Å². The quantitative estimate of drug-likeness (QED) is 0.263. The van der Waals surface area contributed by atoms with Crippen LogP contribution in [0.25, 0.3) is 0 Å². The van der Waals surface area contributed by atoms with Gasteiger partial charge in [-0.15, -0.1) is 0 Å². The Kier molecular flexibility index (Phi) is 11.5. The molecule has 1 aromatic rings. The summed E-state index contributed by atoms with van der Waals surface area (Å²) < 4.78 is 0. The third-order valence-corrected chi connectivity index (χ3v) is 4.34. The average Bonchev–Trinajstić information content (AvgIpc) is 2.62. The zero-order chi connectivity index (χ0) is 20.1. The second-order valence-corrected chi connectivity index (χ2v) is 7.30. The monoisotopic (exact) mass is 396 g/mol. The van der Waals surface area contributed by atoms with Crippen molar-refractivity contribution in [3.8, 4) is 0 Å². The number of benzene rings is 1. The number of halogens is 1. The lowest BCUT2D eigenvalue weighted by Gasteiger charge is -2.17. The van der Waals surface area contributed by atoms with E-state index in [0.29, 0.717) is 42.1 Å². The van der Waals surface area contributed by atoms with Crippen LogP contribution in [0.2, 0.25) is 5.02 Å². The molecule has 1 rings (SSSR count). The first-order valence-corrected chi connectivity index (χ1v) is 10.0. The Morgan fingerprint density at radius 2 is 1.89 bits per heavy atom. The molecule has 1 amide bonds. The molecule has 0 saturated carbocycles. The number of aliphatic hydroxyl groups excluding tert-OH is 1. The summed E-state index contributed by atoms with van der Waals surface area (Å²) in [6.45, 7) is 8.99. The number of carbonyl (C=O) groups excluding carboxylic acids is 1. The molecular formula is C20H33ClN4O2. The van der Waals surface area contributed by atoms with Gasteiger partial charge in [-0.25, -0.2) is 0 Å². The van der Waals surface area contributed by atoms with Crippen molar-refractivity contribution in [3.63, 3.8) is 0 Å². The van der Waals surface area contributed by atoms with Crippen molar-refractivity contribution in [1.82, 2.24) is 16.0 Å². The predicted molar refractivity (Wildman–Crippen MR) is 112 cm³/mol. The van der Waals surface area contributed by atoms with Crippen LogP contribution in [-0.4, -0.2) is 49.8 Å². The number of hydrogen-bond donors (Lipinski definition) is 4. The molecule has 0 aliphatic carbocycles. The molecule has 0 spiro atoms. The van der Waals surface area contributed by atoms with E-state index in [0.717, 1.165) is 25.3 Å². The summed E-state index contributed by atoms with van der Waals surface area (Å²) in [4.78, 5) is 16.8. The molecular weight excluding hydrogens is 364 g/mol. The number of hydrogen-bond acceptors (Lipinski definition) is 3. The average molecular weight is 397 g/mol. The molecule has 1 aromatic carbocycles. The molecule has 6 nitrogen and oxygen atoms in total. The number of nitrogens with one attached hydrogen (secondary N) is 3. The molecule has 0 saturated heterocycles. The van der Waals surface area contributed by atoms with E-state index in [1.165, 1.54) is 0 Å². The summed E-state index contributed by atoms with van der Waals surface area (Å²) in [5, 5.41) is 18.9. The highest BCUT2D eigenvalue weighted by Crippen LogP contribution is 2.15. The number of guanidine groups is 1. The minimum atomic E-state index is -0.190. The first-order chi connectivity index (χ1) is 13.0. The SMILES string of the molecule is CCNC(=NCC(CCO)CC(C)C)NCCNC(=O)c1ccccc1Cl. The minimum absolute atomic E-state index is 0.185. The summed E-state index contributed by atoms with van der Waals surface area (Å²) in [5.41, 5.74) is 0.472. The minimum Gasteiger partial charge on any atom is -0.396 e. The topological polar surface area (TPSA) is 85.8 Å². The van der Waals surface area contributed by atoms with E-state index in [2.05, 4.69) is 34.8 Å². The highest BCUT2D eigenvalue weighted by molar-refractivity contribution is 6.33. The van der Waals surface area contributed by atoms with Gasteiger partial charge < -0.3 is 21.1 Å².